The van der Waals surface area contributed by atoms with Gasteiger partial charge in [-0.25, -0.2) is 0 Å². The molecular weight excluding hydrogens is 393 g/mol. The lowest BCUT2D eigenvalue weighted by Crippen LogP contribution is -2.29. The molecule has 0 bridgehead atoms. The Morgan fingerprint density at radius 1 is 1.26 bits per heavy atom. The molecule has 0 aliphatic heterocycles. The Morgan fingerprint density at radius 2 is 1.95 bits per heavy atom. The summed E-state index contributed by atoms with van der Waals surface area (Å²) in [5.41, 5.74) is 4.92. The number of nitrogens with two attached hydrogens (primary N) is 1. The van der Waals surface area contributed by atoms with Crippen molar-refractivity contribution in [2.45, 2.75) is 12.5 Å². The summed E-state index contributed by atoms with van der Waals surface area (Å²) in [6.07, 6.45) is 4.06. The standard InChI is InChI=1S/C13H12Br2ClN3/c14-10-3-9(4-11(15)6-10)13(19-17)5-8-1-2-18-7-12(8)16/h1-4,6-7,13,19H,5,17H2. The summed E-state index contributed by atoms with van der Waals surface area (Å²) in [5, 5.41) is 0.650. The Hall–Kier alpha value is -0.460. The first kappa shape index (κ1) is 14.9. The van der Waals surface area contributed by atoms with Gasteiger partial charge in [-0.3, -0.25) is 16.3 Å². The van der Waals surface area contributed by atoms with Crippen LogP contribution < -0.4 is 11.3 Å². The van der Waals surface area contributed by atoms with E-state index < -0.39 is 0 Å². The van der Waals surface area contributed by atoms with Crippen LogP contribution in [0.3, 0.4) is 0 Å². The van der Waals surface area contributed by atoms with Gasteiger partial charge in [-0.1, -0.05) is 43.5 Å². The molecule has 1 aromatic heterocycles. The van der Waals surface area contributed by atoms with Crippen molar-refractivity contribution in [3.63, 3.8) is 0 Å². The van der Waals surface area contributed by atoms with E-state index in [1.54, 1.807) is 12.4 Å². The number of nitrogens with one attached hydrogen (secondary N) is 1. The van der Waals surface area contributed by atoms with E-state index in [1.165, 1.54) is 0 Å². The minimum Gasteiger partial charge on any atom is -0.271 e. The Bertz CT molecular complexity index is 557. The van der Waals surface area contributed by atoms with E-state index >= 15 is 0 Å². The van der Waals surface area contributed by atoms with Gasteiger partial charge in [0.25, 0.3) is 0 Å². The highest BCUT2D eigenvalue weighted by molar-refractivity contribution is 9.11. The van der Waals surface area contributed by atoms with Crippen molar-refractivity contribution in [1.29, 1.82) is 0 Å². The number of nitrogens with zero attached hydrogens (tertiary/aromatic N) is 1. The molecule has 0 radical (unpaired) electrons. The monoisotopic (exact) mass is 403 g/mol. The molecule has 2 aromatic rings. The molecule has 2 rings (SSSR count). The molecule has 1 heterocycles. The molecule has 0 amide bonds. The van der Waals surface area contributed by atoms with Crippen molar-refractivity contribution in [1.82, 2.24) is 10.4 Å². The third kappa shape index (κ3) is 4.00. The van der Waals surface area contributed by atoms with Crippen molar-refractivity contribution in [2.75, 3.05) is 0 Å². The van der Waals surface area contributed by atoms with Crippen molar-refractivity contribution >= 4 is 43.5 Å². The number of hydrazine groups is 1. The van der Waals surface area contributed by atoms with Crippen molar-refractivity contribution in [2.24, 2.45) is 5.84 Å². The summed E-state index contributed by atoms with van der Waals surface area (Å²) in [4.78, 5) is 3.98. The van der Waals surface area contributed by atoms with Crippen LogP contribution in [0.1, 0.15) is 17.2 Å². The zero-order valence-corrected chi connectivity index (χ0v) is 13.8. The molecule has 0 aliphatic carbocycles. The highest BCUT2D eigenvalue weighted by Crippen LogP contribution is 2.27. The molecule has 1 aromatic carbocycles. The lowest BCUT2D eigenvalue weighted by atomic mass is 10.0. The molecule has 0 spiro atoms. The minimum atomic E-state index is -0.0197. The third-order valence-corrected chi connectivity index (χ3v) is 4.02. The summed E-state index contributed by atoms with van der Waals surface area (Å²) >= 11 is 13.1. The molecular formula is C13H12Br2ClN3. The van der Waals surface area contributed by atoms with Crippen LogP contribution in [-0.4, -0.2) is 4.98 Å². The van der Waals surface area contributed by atoms with Crippen LogP contribution in [0.2, 0.25) is 5.02 Å². The second kappa shape index (κ2) is 6.81. The number of hydrogen-bond donors (Lipinski definition) is 2. The van der Waals surface area contributed by atoms with Gasteiger partial charge >= 0.3 is 0 Å². The number of benzene rings is 1. The quantitative estimate of drug-likeness (QED) is 0.597. The van der Waals surface area contributed by atoms with E-state index in [0.717, 1.165) is 20.1 Å². The average molecular weight is 406 g/mol. The second-order valence-corrected chi connectivity index (χ2v) is 6.33. The van der Waals surface area contributed by atoms with Gasteiger partial charge < -0.3 is 0 Å². The average Bonchev–Trinajstić information content (AvgIpc) is 2.36. The van der Waals surface area contributed by atoms with Gasteiger partial charge in [-0.2, -0.15) is 0 Å². The second-order valence-electron chi connectivity index (χ2n) is 4.09. The highest BCUT2D eigenvalue weighted by atomic mass is 79.9. The Morgan fingerprint density at radius 3 is 2.53 bits per heavy atom. The topological polar surface area (TPSA) is 50.9 Å². The van der Waals surface area contributed by atoms with E-state index in [1.807, 2.05) is 24.3 Å². The first-order valence-electron chi connectivity index (χ1n) is 5.60. The maximum Gasteiger partial charge on any atom is 0.0622 e. The van der Waals surface area contributed by atoms with E-state index in [9.17, 15) is 0 Å². The number of aromatic nitrogens is 1. The van der Waals surface area contributed by atoms with Crippen LogP contribution in [0.25, 0.3) is 0 Å². The van der Waals surface area contributed by atoms with Gasteiger partial charge in [0, 0.05) is 21.3 Å². The zero-order chi connectivity index (χ0) is 13.8. The number of halogens is 3. The fourth-order valence-electron chi connectivity index (χ4n) is 1.84. The minimum absolute atomic E-state index is 0.0197. The normalized spacial score (nSPS) is 12.4. The third-order valence-electron chi connectivity index (χ3n) is 2.77. The molecule has 1 unspecified atom stereocenters. The van der Waals surface area contributed by atoms with Gasteiger partial charge in [0.2, 0.25) is 0 Å². The number of pyridine rings is 1. The predicted octanol–water partition coefficient (Wildman–Crippen LogP) is 4.01. The maximum atomic E-state index is 6.13. The number of rotatable bonds is 4. The summed E-state index contributed by atoms with van der Waals surface area (Å²) < 4.78 is 2.00. The Labute approximate surface area is 133 Å². The lowest BCUT2D eigenvalue weighted by molar-refractivity contribution is 0.551. The maximum absolute atomic E-state index is 6.13. The lowest BCUT2D eigenvalue weighted by Gasteiger charge is -2.17. The van der Waals surface area contributed by atoms with Gasteiger partial charge in [0.05, 0.1) is 11.1 Å². The number of hydrogen-bond acceptors (Lipinski definition) is 3. The highest BCUT2D eigenvalue weighted by Gasteiger charge is 2.13. The first-order valence-corrected chi connectivity index (χ1v) is 7.57. The van der Waals surface area contributed by atoms with Crippen molar-refractivity contribution < 1.29 is 0 Å². The molecule has 0 fully saturated rings. The van der Waals surface area contributed by atoms with Gasteiger partial charge in [0.1, 0.15) is 0 Å². The summed E-state index contributed by atoms with van der Waals surface area (Å²) in [5.74, 6) is 5.66. The van der Waals surface area contributed by atoms with Crippen LogP contribution in [0, 0.1) is 0 Å². The molecule has 0 aliphatic rings. The Balaban J connectivity index is 2.28. The molecule has 100 valence electrons. The summed E-state index contributed by atoms with van der Waals surface area (Å²) in [6, 6.07) is 7.93. The van der Waals surface area contributed by atoms with Gasteiger partial charge in [-0.05, 0) is 41.8 Å². The molecule has 19 heavy (non-hydrogen) atoms. The van der Waals surface area contributed by atoms with E-state index in [-0.39, 0.29) is 6.04 Å². The van der Waals surface area contributed by atoms with Gasteiger partial charge in [0.15, 0.2) is 0 Å². The smallest absolute Gasteiger partial charge is 0.0622 e. The largest absolute Gasteiger partial charge is 0.271 e. The molecule has 6 heteroatoms. The van der Waals surface area contributed by atoms with Crippen LogP contribution >= 0.6 is 43.5 Å². The Kier molecular flexibility index (Phi) is 5.36. The SMILES string of the molecule is NNC(Cc1ccncc1Cl)c1cc(Br)cc(Br)c1. The molecule has 3 N–H and O–H groups in total. The summed E-state index contributed by atoms with van der Waals surface area (Å²) in [6.45, 7) is 0. The van der Waals surface area contributed by atoms with Crippen LogP contribution in [0.5, 0.6) is 0 Å². The van der Waals surface area contributed by atoms with Crippen LogP contribution in [0.4, 0.5) is 0 Å². The van der Waals surface area contributed by atoms with Crippen molar-refractivity contribution in [3.05, 3.63) is 61.8 Å². The van der Waals surface area contributed by atoms with E-state index in [4.69, 9.17) is 17.4 Å². The summed E-state index contributed by atoms with van der Waals surface area (Å²) in [7, 11) is 0. The fourth-order valence-corrected chi connectivity index (χ4v) is 3.36. The first-order chi connectivity index (χ1) is 9.10. The molecule has 1 atom stereocenters. The van der Waals surface area contributed by atoms with Crippen LogP contribution in [0.15, 0.2) is 45.6 Å². The van der Waals surface area contributed by atoms with Crippen LogP contribution in [-0.2, 0) is 6.42 Å². The molecule has 0 saturated carbocycles. The molecule has 3 nitrogen and oxygen atoms in total. The fraction of sp³-hybridized carbons (Fsp3) is 0.154. The van der Waals surface area contributed by atoms with E-state index in [0.29, 0.717) is 11.4 Å². The predicted molar refractivity (Wildman–Crippen MR) is 84.9 cm³/mol. The zero-order valence-electron chi connectivity index (χ0n) is 9.91. The molecule has 0 saturated heterocycles. The van der Waals surface area contributed by atoms with Gasteiger partial charge in [-0.15, -0.1) is 0 Å². The van der Waals surface area contributed by atoms with Crippen molar-refractivity contribution in [3.8, 4) is 0 Å². The van der Waals surface area contributed by atoms with E-state index in [2.05, 4.69) is 42.3 Å².